The van der Waals surface area contributed by atoms with Crippen LogP contribution in [0.15, 0.2) is 60.1 Å². The second kappa shape index (κ2) is 7.76. The number of pyridine rings is 1. The second-order valence-corrected chi connectivity index (χ2v) is 6.34. The van der Waals surface area contributed by atoms with Gasteiger partial charge in [0.1, 0.15) is 11.6 Å². The van der Waals surface area contributed by atoms with Crippen molar-refractivity contribution >= 4 is 23.1 Å². The van der Waals surface area contributed by atoms with Gasteiger partial charge in [0.25, 0.3) is 0 Å². The molecule has 1 N–H and O–H groups in total. The van der Waals surface area contributed by atoms with Gasteiger partial charge in [-0.1, -0.05) is 6.07 Å². The quantitative estimate of drug-likeness (QED) is 0.718. The molecule has 0 unspecified atom stereocenters. The first-order chi connectivity index (χ1) is 12.1. The Kier molecular flexibility index (Phi) is 5.25. The van der Waals surface area contributed by atoms with Crippen molar-refractivity contribution in [3.63, 3.8) is 0 Å². The minimum absolute atomic E-state index is 0.220. The largest absolute Gasteiger partial charge is 0.439 e. The summed E-state index contributed by atoms with van der Waals surface area (Å²) in [5.41, 5.74) is 0.564. The van der Waals surface area contributed by atoms with Gasteiger partial charge in [-0.2, -0.15) is 0 Å². The molecule has 0 aliphatic rings. The summed E-state index contributed by atoms with van der Waals surface area (Å²) < 4.78 is 18.4. The van der Waals surface area contributed by atoms with Crippen molar-refractivity contribution < 1.29 is 13.9 Å². The summed E-state index contributed by atoms with van der Waals surface area (Å²) in [6.07, 6.45) is 1.51. The molecular weight excluding hydrogens is 341 g/mol. The molecule has 25 heavy (non-hydrogen) atoms. The van der Waals surface area contributed by atoms with Crippen molar-refractivity contribution in [3.05, 3.63) is 70.8 Å². The van der Waals surface area contributed by atoms with Crippen LogP contribution in [0.4, 0.5) is 14.9 Å². The second-order valence-electron chi connectivity index (χ2n) is 5.31. The third-order valence-corrected chi connectivity index (χ3v) is 4.20. The summed E-state index contributed by atoms with van der Waals surface area (Å²) in [6.45, 7) is 0.544. The topological polar surface area (TPSA) is 54.5 Å². The van der Waals surface area contributed by atoms with E-state index in [1.165, 1.54) is 30.5 Å². The minimum Gasteiger partial charge on any atom is -0.439 e. The van der Waals surface area contributed by atoms with Gasteiger partial charge in [-0.15, -0.1) is 11.3 Å². The van der Waals surface area contributed by atoms with E-state index in [2.05, 4.69) is 10.3 Å². The Morgan fingerprint density at radius 1 is 1.24 bits per heavy atom. The van der Waals surface area contributed by atoms with Gasteiger partial charge < -0.3 is 15.0 Å². The lowest BCUT2D eigenvalue weighted by Gasteiger charge is -2.17. The highest BCUT2D eigenvalue weighted by atomic mass is 32.1. The van der Waals surface area contributed by atoms with Crippen molar-refractivity contribution in [3.8, 4) is 11.6 Å². The van der Waals surface area contributed by atoms with E-state index < -0.39 is 0 Å². The molecule has 0 saturated heterocycles. The molecule has 0 fully saturated rings. The van der Waals surface area contributed by atoms with Gasteiger partial charge in [-0.25, -0.2) is 14.2 Å². The molecule has 0 aliphatic heterocycles. The number of benzene rings is 1. The van der Waals surface area contributed by atoms with E-state index in [-0.39, 0.29) is 11.8 Å². The monoisotopic (exact) mass is 357 g/mol. The Morgan fingerprint density at radius 2 is 2.04 bits per heavy atom. The number of carbonyl (C=O) groups is 1. The molecule has 2 heterocycles. The van der Waals surface area contributed by atoms with E-state index in [9.17, 15) is 9.18 Å². The van der Waals surface area contributed by atoms with Gasteiger partial charge in [-0.05, 0) is 41.8 Å². The summed E-state index contributed by atoms with van der Waals surface area (Å²) in [7, 11) is 1.73. The molecule has 3 aromatic rings. The fourth-order valence-electron chi connectivity index (χ4n) is 2.07. The highest BCUT2D eigenvalue weighted by molar-refractivity contribution is 7.09. The van der Waals surface area contributed by atoms with Crippen LogP contribution in [0.1, 0.15) is 4.88 Å². The van der Waals surface area contributed by atoms with Crippen LogP contribution in [0, 0.1) is 5.82 Å². The smallest absolute Gasteiger partial charge is 0.321 e. The number of urea groups is 1. The number of nitrogens with zero attached hydrogens (tertiary/aromatic N) is 2. The van der Waals surface area contributed by atoms with Crippen molar-refractivity contribution in [1.82, 2.24) is 9.88 Å². The Morgan fingerprint density at radius 3 is 2.68 bits per heavy atom. The first kappa shape index (κ1) is 16.9. The lowest BCUT2D eigenvalue weighted by Crippen LogP contribution is -2.30. The van der Waals surface area contributed by atoms with E-state index in [1.54, 1.807) is 35.4 Å². The molecule has 3 rings (SSSR count). The normalized spacial score (nSPS) is 10.3. The Bertz CT molecular complexity index is 821. The molecule has 1 aromatic carbocycles. The van der Waals surface area contributed by atoms with Gasteiger partial charge in [0.2, 0.25) is 5.88 Å². The van der Waals surface area contributed by atoms with E-state index in [0.29, 0.717) is 23.9 Å². The minimum atomic E-state index is -0.329. The number of halogens is 1. The zero-order valence-electron chi connectivity index (χ0n) is 13.5. The summed E-state index contributed by atoms with van der Waals surface area (Å²) in [4.78, 5) is 19.0. The average Bonchev–Trinajstić information content (AvgIpc) is 3.11. The van der Waals surface area contributed by atoms with Crippen LogP contribution in [0.2, 0.25) is 0 Å². The lowest BCUT2D eigenvalue weighted by molar-refractivity contribution is 0.221. The number of anilines is 1. The molecule has 7 heteroatoms. The van der Waals surface area contributed by atoms with Gasteiger partial charge in [0.15, 0.2) is 0 Å². The van der Waals surface area contributed by atoms with Crippen LogP contribution in [-0.4, -0.2) is 23.0 Å². The Labute approximate surface area is 148 Å². The SMILES string of the molecule is CN(Cc1cccs1)C(=O)Nc1ccc(Oc2ccc(F)cc2)nc1. The summed E-state index contributed by atoms with van der Waals surface area (Å²) >= 11 is 1.60. The molecule has 0 bridgehead atoms. The highest BCUT2D eigenvalue weighted by Crippen LogP contribution is 2.21. The Balaban J connectivity index is 1.56. The van der Waals surface area contributed by atoms with Crippen LogP contribution in [-0.2, 0) is 6.54 Å². The fraction of sp³-hybridized carbons (Fsp3) is 0.111. The lowest BCUT2D eigenvalue weighted by atomic mass is 10.3. The number of amides is 2. The van der Waals surface area contributed by atoms with Crippen molar-refractivity contribution in [1.29, 1.82) is 0 Å². The fourth-order valence-corrected chi connectivity index (χ4v) is 2.82. The number of hydrogen-bond acceptors (Lipinski definition) is 4. The van der Waals surface area contributed by atoms with Crippen LogP contribution in [0.5, 0.6) is 11.6 Å². The molecular formula is C18H16FN3O2S. The van der Waals surface area contributed by atoms with Crippen LogP contribution >= 0.6 is 11.3 Å². The van der Waals surface area contributed by atoms with Crippen LogP contribution in [0.3, 0.4) is 0 Å². The average molecular weight is 357 g/mol. The first-order valence-corrected chi connectivity index (χ1v) is 8.42. The molecule has 128 valence electrons. The molecule has 0 spiro atoms. The third-order valence-electron chi connectivity index (χ3n) is 3.34. The summed E-state index contributed by atoms with van der Waals surface area (Å²) in [5.74, 6) is 0.517. The number of ether oxygens (including phenoxy) is 1. The van der Waals surface area contributed by atoms with Gasteiger partial charge in [-0.3, -0.25) is 0 Å². The zero-order chi connectivity index (χ0) is 17.6. The van der Waals surface area contributed by atoms with E-state index in [0.717, 1.165) is 4.88 Å². The molecule has 0 atom stereocenters. The van der Waals surface area contributed by atoms with Gasteiger partial charge in [0.05, 0.1) is 18.4 Å². The molecule has 2 aromatic heterocycles. The number of rotatable bonds is 5. The van der Waals surface area contributed by atoms with Crippen molar-refractivity contribution in [2.24, 2.45) is 0 Å². The van der Waals surface area contributed by atoms with Crippen LogP contribution in [0.25, 0.3) is 0 Å². The van der Waals surface area contributed by atoms with E-state index >= 15 is 0 Å². The molecule has 0 aliphatic carbocycles. The predicted octanol–water partition coefficient (Wildman–Crippen LogP) is 4.74. The molecule has 2 amide bonds. The maximum absolute atomic E-state index is 12.9. The number of thiophene rings is 1. The maximum atomic E-state index is 12.9. The van der Waals surface area contributed by atoms with Crippen molar-refractivity contribution in [2.75, 3.05) is 12.4 Å². The number of nitrogens with one attached hydrogen (secondary N) is 1. The Hall–Kier alpha value is -2.93. The number of carbonyl (C=O) groups excluding carboxylic acids is 1. The molecule has 0 radical (unpaired) electrons. The van der Waals surface area contributed by atoms with Crippen LogP contribution < -0.4 is 10.1 Å². The number of hydrogen-bond donors (Lipinski definition) is 1. The summed E-state index contributed by atoms with van der Waals surface area (Å²) in [6, 6.07) is 12.7. The zero-order valence-corrected chi connectivity index (χ0v) is 14.3. The molecule has 5 nitrogen and oxygen atoms in total. The van der Waals surface area contributed by atoms with Crippen molar-refractivity contribution in [2.45, 2.75) is 6.54 Å². The van der Waals surface area contributed by atoms with Gasteiger partial charge in [0, 0.05) is 18.0 Å². The van der Waals surface area contributed by atoms with E-state index in [4.69, 9.17) is 4.74 Å². The number of aromatic nitrogens is 1. The summed E-state index contributed by atoms with van der Waals surface area (Å²) in [5, 5.41) is 4.75. The standard InChI is InChI=1S/C18H16FN3O2S/c1-22(12-16-3-2-10-25-16)18(23)21-14-6-9-17(20-11-14)24-15-7-4-13(19)5-8-15/h2-11H,12H2,1H3,(H,21,23). The third kappa shape index (κ3) is 4.77. The maximum Gasteiger partial charge on any atom is 0.321 e. The predicted molar refractivity (Wildman–Crippen MR) is 95.5 cm³/mol. The van der Waals surface area contributed by atoms with E-state index in [1.807, 2.05) is 17.5 Å². The molecule has 0 saturated carbocycles. The first-order valence-electron chi connectivity index (χ1n) is 7.54. The highest BCUT2D eigenvalue weighted by Gasteiger charge is 2.10. The van der Waals surface area contributed by atoms with Gasteiger partial charge >= 0.3 is 6.03 Å².